The van der Waals surface area contributed by atoms with Gasteiger partial charge in [0.05, 0.1) is 6.07 Å². The Balaban J connectivity index is 1.11. The third-order valence-corrected chi connectivity index (χ3v) is 9.94. The first-order valence-corrected chi connectivity index (χ1v) is 13.4. The van der Waals surface area contributed by atoms with Crippen molar-refractivity contribution in [1.82, 2.24) is 15.1 Å². The molecule has 2 heterocycles. The second-order valence-electron chi connectivity index (χ2n) is 11.9. The Kier molecular flexibility index (Phi) is 6.37. The molecule has 3 unspecified atom stereocenters. The third-order valence-electron chi connectivity index (χ3n) is 9.94. The van der Waals surface area contributed by atoms with E-state index in [1.807, 2.05) is 0 Å². The van der Waals surface area contributed by atoms with E-state index in [1.165, 1.54) is 83.8 Å². The maximum atomic E-state index is 9.34. The Morgan fingerprint density at radius 3 is 2.52 bits per heavy atom. The average molecular weight is 425 g/mol. The van der Waals surface area contributed by atoms with E-state index < -0.39 is 0 Å². The van der Waals surface area contributed by atoms with E-state index in [1.54, 1.807) is 12.8 Å². The zero-order valence-corrected chi connectivity index (χ0v) is 19.7. The molecule has 5 fully saturated rings. The lowest BCUT2D eigenvalue weighted by molar-refractivity contribution is 0.0500. The van der Waals surface area contributed by atoms with Crippen molar-refractivity contribution in [2.45, 2.75) is 102 Å². The molecule has 31 heavy (non-hydrogen) atoms. The minimum atomic E-state index is 0.0495. The molecule has 0 aromatic rings. The summed E-state index contributed by atoms with van der Waals surface area (Å²) in [7, 11) is 0. The van der Waals surface area contributed by atoms with Crippen molar-refractivity contribution in [3.8, 4) is 6.07 Å². The second kappa shape index (κ2) is 9.06. The molecule has 4 nitrogen and oxygen atoms in total. The van der Waals surface area contributed by atoms with Gasteiger partial charge in [-0.15, -0.1) is 0 Å². The van der Waals surface area contributed by atoms with Crippen molar-refractivity contribution < 1.29 is 0 Å². The van der Waals surface area contributed by atoms with E-state index in [9.17, 15) is 5.26 Å². The van der Waals surface area contributed by atoms with Crippen molar-refractivity contribution in [2.24, 2.45) is 16.7 Å². The van der Waals surface area contributed by atoms with Gasteiger partial charge in [0.1, 0.15) is 6.04 Å². The number of hydrogen-bond donors (Lipinski definition) is 1. The summed E-state index contributed by atoms with van der Waals surface area (Å²) in [4.78, 5) is 5.06. The van der Waals surface area contributed by atoms with Crippen LogP contribution in [0.1, 0.15) is 89.9 Å². The molecule has 2 saturated heterocycles. The number of piperidine rings is 1. The summed E-state index contributed by atoms with van der Waals surface area (Å²) in [6, 6.07) is 3.10. The number of nitrogens with one attached hydrogen (secondary N) is 1. The molecule has 0 bridgehead atoms. The van der Waals surface area contributed by atoms with Gasteiger partial charge in [0.25, 0.3) is 0 Å². The van der Waals surface area contributed by atoms with Gasteiger partial charge in [-0.3, -0.25) is 0 Å². The predicted molar refractivity (Wildman–Crippen MR) is 126 cm³/mol. The smallest absolute Gasteiger partial charge is 0.116 e. The molecule has 2 aliphatic heterocycles. The minimum absolute atomic E-state index is 0.0495. The Bertz CT molecular complexity index is 682. The molecule has 1 N–H and O–H groups in total. The molecule has 172 valence electrons. The van der Waals surface area contributed by atoms with Crippen LogP contribution in [0.3, 0.4) is 0 Å². The van der Waals surface area contributed by atoms with Crippen LogP contribution in [-0.2, 0) is 0 Å². The number of fused-ring (bicyclic) bond motifs is 1. The highest BCUT2D eigenvalue weighted by atomic mass is 15.2. The van der Waals surface area contributed by atoms with Crippen LogP contribution < -0.4 is 5.32 Å². The number of nitriles is 1. The Morgan fingerprint density at radius 2 is 1.74 bits per heavy atom. The molecule has 0 amide bonds. The molecular formula is C27H44N4. The van der Waals surface area contributed by atoms with Crippen LogP contribution in [0, 0.1) is 28.1 Å². The number of rotatable bonds is 6. The first-order chi connectivity index (χ1) is 15.1. The van der Waals surface area contributed by atoms with Crippen molar-refractivity contribution >= 4 is 0 Å². The van der Waals surface area contributed by atoms with Crippen LogP contribution in [-0.4, -0.2) is 54.6 Å². The fraction of sp³-hybridized carbons (Fsp3) is 0.889. The van der Waals surface area contributed by atoms with Crippen LogP contribution in [0.25, 0.3) is 0 Å². The molecule has 5 rings (SSSR count). The fourth-order valence-electron chi connectivity index (χ4n) is 8.42. The van der Waals surface area contributed by atoms with Crippen molar-refractivity contribution in [3.05, 3.63) is 12.3 Å². The van der Waals surface area contributed by atoms with Gasteiger partial charge in [0.2, 0.25) is 0 Å². The molecule has 0 radical (unpaired) electrons. The molecular weight excluding hydrogens is 380 g/mol. The van der Waals surface area contributed by atoms with Gasteiger partial charge >= 0.3 is 0 Å². The minimum Gasteiger partial charge on any atom is -0.358 e. The van der Waals surface area contributed by atoms with E-state index >= 15 is 0 Å². The quantitative estimate of drug-likeness (QED) is 0.646. The van der Waals surface area contributed by atoms with Gasteiger partial charge in [0.15, 0.2) is 0 Å². The lowest BCUT2D eigenvalue weighted by Gasteiger charge is -2.45. The summed E-state index contributed by atoms with van der Waals surface area (Å²) in [6.45, 7) is 10.0. The monoisotopic (exact) mass is 424 g/mol. The zero-order valence-electron chi connectivity index (χ0n) is 19.7. The Hall–Kier alpha value is -1.05. The standard InChI is InChI=1S/C27H44N4/c1-22(31-14-6-8-25(31)18-28)19-29-24-9-15-30(16-10-24)21-27-13-3-2-7-23(27)17-26(20-27)11-4-5-12-26/h23-25,29H,1-17,19-21H2. The van der Waals surface area contributed by atoms with Crippen LogP contribution in [0.15, 0.2) is 12.3 Å². The van der Waals surface area contributed by atoms with Gasteiger partial charge < -0.3 is 15.1 Å². The first-order valence-electron chi connectivity index (χ1n) is 13.4. The van der Waals surface area contributed by atoms with Gasteiger partial charge in [-0.2, -0.15) is 5.26 Å². The first kappa shape index (κ1) is 21.8. The van der Waals surface area contributed by atoms with Gasteiger partial charge in [-0.1, -0.05) is 32.3 Å². The van der Waals surface area contributed by atoms with Gasteiger partial charge in [-0.25, -0.2) is 0 Å². The summed E-state index contributed by atoms with van der Waals surface area (Å²) >= 11 is 0. The molecule has 3 saturated carbocycles. The normalized spacial score (nSPS) is 36.0. The third kappa shape index (κ3) is 4.42. The van der Waals surface area contributed by atoms with E-state index in [2.05, 4.69) is 27.8 Å². The molecule has 3 atom stereocenters. The predicted octanol–water partition coefficient (Wildman–Crippen LogP) is 5.07. The lowest BCUT2D eigenvalue weighted by atomic mass is 9.67. The van der Waals surface area contributed by atoms with Crippen molar-refractivity contribution in [1.29, 1.82) is 5.26 Å². The highest BCUT2D eigenvalue weighted by molar-refractivity contribution is 5.09. The average Bonchev–Trinajstić information content (AvgIpc) is 3.51. The fourth-order valence-corrected chi connectivity index (χ4v) is 8.42. The summed E-state index contributed by atoms with van der Waals surface area (Å²) in [5, 5.41) is 13.1. The SMILES string of the molecule is C=C(CNC1CCN(CC23CCCCC2CC2(CCCC2)C3)CC1)N1CCCC1C#N. The van der Waals surface area contributed by atoms with E-state index in [0.717, 1.165) is 43.0 Å². The van der Waals surface area contributed by atoms with Crippen LogP contribution >= 0.6 is 0 Å². The largest absolute Gasteiger partial charge is 0.358 e. The topological polar surface area (TPSA) is 42.3 Å². The summed E-state index contributed by atoms with van der Waals surface area (Å²) in [5.41, 5.74) is 2.51. The number of nitrogens with zero attached hydrogens (tertiary/aromatic N) is 3. The molecule has 3 aliphatic carbocycles. The maximum Gasteiger partial charge on any atom is 0.116 e. The van der Waals surface area contributed by atoms with E-state index in [4.69, 9.17) is 0 Å². The maximum absolute atomic E-state index is 9.34. The number of hydrogen-bond acceptors (Lipinski definition) is 4. The van der Waals surface area contributed by atoms with Crippen LogP contribution in [0.2, 0.25) is 0 Å². The van der Waals surface area contributed by atoms with E-state index in [-0.39, 0.29) is 6.04 Å². The summed E-state index contributed by atoms with van der Waals surface area (Å²) in [5.74, 6) is 1.02. The zero-order chi connectivity index (χ0) is 21.3. The molecule has 5 aliphatic rings. The highest BCUT2D eigenvalue weighted by Gasteiger charge is 2.55. The molecule has 4 heteroatoms. The Labute approximate surface area is 190 Å². The summed E-state index contributed by atoms with van der Waals surface area (Å²) < 4.78 is 0. The lowest BCUT2D eigenvalue weighted by Crippen LogP contribution is -2.48. The van der Waals surface area contributed by atoms with Crippen LogP contribution in [0.4, 0.5) is 0 Å². The highest BCUT2D eigenvalue weighted by Crippen LogP contribution is 2.64. The van der Waals surface area contributed by atoms with E-state index in [0.29, 0.717) is 11.5 Å². The second-order valence-corrected chi connectivity index (χ2v) is 11.9. The Morgan fingerprint density at radius 1 is 0.968 bits per heavy atom. The molecule has 1 spiro atoms. The molecule has 0 aromatic heterocycles. The van der Waals surface area contributed by atoms with Gasteiger partial charge in [0, 0.05) is 31.4 Å². The van der Waals surface area contributed by atoms with Gasteiger partial charge in [-0.05, 0) is 94.0 Å². The molecule has 0 aromatic carbocycles. The number of likely N-dealkylation sites (tertiary alicyclic amines) is 2. The summed E-state index contributed by atoms with van der Waals surface area (Å²) in [6.07, 6.45) is 19.8. The van der Waals surface area contributed by atoms with Crippen molar-refractivity contribution in [2.75, 3.05) is 32.7 Å². The van der Waals surface area contributed by atoms with Crippen molar-refractivity contribution in [3.63, 3.8) is 0 Å². The van der Waals surface area contributed by atoms with Crippen LogP contribution in [0.5, 0.6) is 0 Å².